The van der Waals surface area contributed by atoms with E-state index in [1.165, 1.54) is 15.6 Å². The Morgan fingerprint density at radius 3 is 2.39 bits per heavy atom. The van der Waals surface area contributed by atoms with Gasteiger partial charge in [-0.05, 0) is 58.3 Å². The molecule has 0 bridgehead atoms. The van der Waals surface area contributed by atoms with E-state index < -0.39 is 0 Å². The standard InChI is InChI=1S/C27H21Cl2NO2S/c1-16(2)27-21(26(30-32-27)25-22(28)4-3-5-23(25)29)15-31-20-10-8-17(9-11-20)19-7-6-18-12-13-33-24(18)14-19/h3-14,16H,15H2,1-2H3. The van der Waals surface area contributed by atoms with E-state index in [0.717, 1.165) is 22.6 Å². The van der Waals surface area contributed by atoms with Gasteiger partial charge in [0.1, 0.15) is 23.8 Å². The first-order valence-corrected chi connectivity index (χ1v) is 12.3. The number of ether oxygens (including phenoxy) is 1. The van der Waals surface area contributed by atoms with Gasteiger partial charge in [-0.25, -0.2) is 0 Å². The van der Waals surface area contributed by atoms with Gasteiger partial charge in [0.05, 0.1) is 15.6 Å². The predicted octanol–water partition coefficient (Wildman–Crippen LogP) is 9.23. The summed E-state index contributed by atoms with van der Waals surface area (Å²) in [6.45, 7) is 4.41. The lowest BCUT2D eigenvalue weighted by molar-refractivity contribution is 0.298. The largest absolute Gasteiger partial charge is 0.489 e. The summed E-state index contributed by atoms with van der Waals surface area (Å²) in [5, 5.41) is 8.74. The SMILES string of the molecule is CC(C)c1onc(-c2c(Cl)cccc2Cl)c1COc1ccc(-c2ccc3ccsc3c2)cc1. The minimum absolute atomic E-state index is 0.139. The summed E-state index contributed by atoms with van der Waals surface area (Å²) in [4.78, 5) is 0. The van der Waals surface area contributed by atoms with Crippen LogP contribution in [0, 0.1) is 0 Å². The van der Waals surface area contributed by atoms with Gasteiger partial charge in [-0.2, -0.15) is 0 Å². The molecule has 0 aliphatic rings. The van der Waals surface area contributed by atoms with Crippen LogP contribution < -0.4 is 4.74 Å². The van der Waals surface area contributed by atoms with Crippen LogP contribution in [-0.4, -0.2) is 5.16 Å². The molecule has 3 aromatic carbocycles. The molecule has 0 fully saturated rings. The monoisotopic (exact) mass is 493 g/mol. The van der Waals surface area contributed by atoms with Crippen molar-refractivity contribution in [2.24, 2.45) is 0 Å². The van der Waals surface area contributed by atoms with Crippen molar-refractivity contribution in [2.45, 2.75) is 26.4 Å². The molecule has 0 aliphatic carbocycles. The molecule has 0 aliphatic heterocycles. The fourth-order valence-corrected chi connectivity index (χ4v) is 5.27. The van der Waals surface area contributed by atoms with Crippen molar-refractivity contribution in [3.63, 3.8) is 0 Å². The van der Waals surface area contributed by atoms with Crippen molar-refractivity contribution in [3.05, 3.63) is 93.5 Å². The Morgan fingerprint density at radius 1 is 0.939 bits per heavy atom. The van der Waals surface area contributed by atoms with E-state index in [2.05, 4.69) is 60.8 Å². The molecule has 0 spiro atoms. The second kappa shape index (κ2) is 9.22. The van der Waals surface area contributed by atoms with Gasteiger partial charge in [0, 0.05) is 16.2 Å². The molecule has 0 amide bonds. The Balaban J connectivity index is 1.40. The lowest BCUT2D eigenvalue weighted by Crippen LogP contribution is -2.01. The average molecular weight is 494 g/mol. The maximum Gasteiger partial charge on any atom is 0.146 e. The molecule has 0 saturated carbocycles. The molecule has 0 saturated heterocycles. The van der Waals surface area contributed by atoms with Crippen molar-refractivity contribution in [1.29, 1.82) is 0 Å². The number of hydrogen-bond donors (Lipinski definition) is 0. The van der Waals surface area contributed by atoms with Gasteiger partial charge in [-0.15, -0.1) is 11.3 Å². The fraction of sp³-hybridized carbons (Fsp3) is 0.148. The van der Waals surface area contributed by atoms with E-state index in [0.29, 0.717) is 27.9 Å². The van der Waals surface area contributed by atoms with Crippen molar-refractivity contribution in [3.8, 4) is 28.1 Å². The molecule has 6 heteroatoms. The molecular formula is C27H21Cl2NO2S. The van der Waals surface area contributed by atoms with Crippen molar-refractivity contribution in [1.82, 2.24) is 5.16 Å². The minimum atomic E-state index is 0.139. The van der Waals surface area contributed by atoms with Crippen molar-refractivity contribution in [2.75, 3.05) is 0 Å². The summed E-state index contributed by atoms with van der Waals surface area (Å²) in [5.41, 5.74) is 4.47. The van der Waals surface area contributed by atoms with Crippen LogP contribution in [0.15, 0.2) is 76.6 Å². The van der Waals surface area contributed by atoms with Crippen LogP contribution in [-0.2, 0) is 6.61 Å². The molecule has 0 N–H and O–H groups in total. The molecule has 5 aromatic rings. The molecule has 2 aromatic heterocycles. The molecule has 166 valence electrons. The topological polar surface area (TPSA) is 35.3 Å². The summed E-state index contributed by atoms with van der Waals surface area (Å²) in [5.74, 6) is 1.67. The number of benzene rings is 3. The first kappa shape index (κ1) is 22.0. The van der Waals surface area contributed by atoms with Gasteiger partial charge in [0.25, 0.3) is 0 Å². The third kappa shape index (κ3) is 4.39. The molecule has 0 atom stereocenters. The normalized spacial score (nSPS) is 11.4. The maximum atomic E-state index is 6.44. The average Bonchev–Trinajstić information content (AvgIpc) is 3.44. The van der Waals surface area contributed by atoms with Crippen LogP contribution >= 0.6 is 34.5 Å². The zero-order chi connectivity index (χ0) is 22.9. The highest BCUT2D eigenvalue weighted by molar-refractivity contribution is 7.17. The van der Waals surface area contributed by atoms with Crippen LogP contribution in [0.3, 0.4) is 0 Å². The number of nitrogens with zero attached hydrogens (tertiary/aromatic N) is 1. The molecule has 3 nitrogen and oxygen atoms in total. The highest BCUT2D eigenvalue weighted by atomic mass is 35.5. The van der Waals surface area contributed by atoms with E-state index in [1.54, 1.807) is 23.5 Å². The van der Waals surface area contributed by atoms with Gasteiger partial charge >= 0.3 is 0 Å². The number of fused-ring (bicyclic) bond motifs is 1. The second-order valence-electron chi connectivity index (χ2n) is 8.11. The lowest BCUT2D eigenvalue weighted by atomic mass is 10.0. The highest BCUT2D eigenvalue weighted by Crippen LogP contribution is 2.39. The van der Waals surface area contributed by atoms with Crippen molar-refractivity contribution >= 4 is 44.6 Å². The number of halogens is 2. The number of aromatic nitrogens is 1. The van der Waals surface area contributed by atoms with Gasteiger partial charge in [-0.1, -0.05) is 72.5 Å². The maximum absolute atomic E-state index is 6.44. The number of hydrogen-bond acceptors (Lipinski definition) is 4. The summed E-state index contributed by atoms with van der Waals surface area (Å²) in [6, 6.07) is 22.2. The first-order valence-electron chi connectivity index (χ1n) is 10.6. The molecule has 0 radical (unpaired) electrons. The lowest BCUT2D eigenvalue weighted by Gasteiger charge is -2.11. The third-order valence-electron chi connectivity index (χ3n) is 5.57. The Bertz CT molecular complexity index is 1400. The van der Waals surface area contributed by atoms with Crippen LogP contribution in [0.25, 0.3) is 32.5 Å². The van der Waals surface area contributed by atoms with Crippen LogP contribution in [0.1, 0.15) is 31.1 Å². The van der Waals surface area contributed by atoms with Gasteiger partial charge in [-0.3, -0.25) is 0 Å². The third-order valence-corrected chi connectivity index (χ3v) is 7.08. The minimum Gasteiger partial charge on any atom is -0.489 e. The molecule has 5 rings (SSSR count). The van der Waals surface area contributed by atoms with Gasteiger partial charge < -0.3 is 9.26 Å². The Labute approximate surface area is 206 Å². The smallest absolute Gasteiger partial charge is 0.146 e. The highest BCUT2D eigenvalue weighted by Gasteiger charge is 2.23. The first-order chi connectivity index (χ1) is 16.0. The van der Waals surface area contributed by atoms with E-state index in [9.17, 15) is 0 Å². The van der Waals surface area contributed by atoms with E-state index in [-0.39, 0.29) is 5.92 Å². The van der Waals surface area contributed by atoms with Crippen LogP contribution in [0.4, 0.5) is 0 Å². The van der Waals surface area contributed by atoms with Crippen LogP contribution in [0.5, 0.6) is 5.75 Å². The summed E-state index contributed by atoms with van der Waals surface area (Å²) in [6.07, 6.45) is 0. The Hall–Kier alpha value is -2.79. The van der Waals surface area contributed by atoms with Gasteiger partial charge in [0.15, 0.2) is 0 Å². The zero-order valence-corrected chi connectivity index (χ0v) is 20.5. The fourth-order valence-electron chi connectivity index (χ4n) is 3.87. The second-order valence-corrected chi connectivity index (χ2v) is 9.87. The van der Waals surface area contributed by atoms with Crippen molar-refractivity contribution < 1.29 is 9.26 Å². The zero-order valence-electron chi connectivity index (χ0n) is 18.1. The van der Waals surface area contributed by atoms with E-state index >= 15 is 0 Å². The Kier molecular flexibility index (Phi) is 6.15. The molecule has 33 heavy (non-hydrogen) atoms. The Morgan fingerprint density at radius 2 is 1.67 bits per heavy atom. The number of rotatable bonds is 6. The predicted molar refractivity (Wildman–Crippen MR) is 138 cm³/mol. The summed E-state index contributed by atoms with van der Waals surface area (Å²) in [7, 11) is 0. The van der Waals surface area contributed by atoms with Crippen LogP contribution in [0.2, 0.25) is 10.0 Å². The number of thiophene rings is 1. The molecule has 0 unspecified atom stereocenters. The summed E-state index contributed by atoms with van der Waals surface area (Å²) >= 11 is 14.6. The quantitative estimate of drug-likeness (QED) is 0.236. The molecular weight excluding hydrogens is 473 g/mol. The van der Waals surface area contributed by atoms with E-state index in [4.69, 9.17) is 32.5 Å². The molecule has 2 heterocycles. The van der Waals surface area contributed by atoms with Gasteiger partial charge in [0.2, 0.25) is 0 Å². The summed E-state index contributed by atoms with van der Waals surface area (Å²) < 4.78 is 13.1. The van der Waals surface area contributed by atoms with E-state index in [1.807, 2.05) is 18.2 Å².